The number of nitrogens with zero attached hydrogens (tertiary/aromatic N) is 3. The molecule has 0 fully saturated rings. The van der Waals surface area contributed by atoms with Crippen molar-refractivity contribution < 1.29 is 13.9 Å². The number of benzene rings is 1. The molecule has 1 aromatic heterocycles. The molecule has 1 N–H and O–H groups in total. The summed E-state index contributed by atoms with van der Waals surface area (Å²) in [7, 11) is 0. The lowest BCUT2D eigenvalue weighted by molar-refractivity contribution is 0.262. The second kappa shape index (κ2) is 5.22. The predicted molar refractivity (Wildman–Crippen MR) is 66.7 cm³/mol. The van der Waals surface area contributed by atoms with E-state index in [0.717, 1.165) is 12.1 Å². The first-order valence-electron chi connectivity index (χ1n) is 5.65. The monoisotopic (exact) mass is 287 g/mol. The average molecular weight is 288 g/mol. The van der Waals surface area contributed by atoms with E-state index in [1.54, 1.807) is 4.57 Å². The standard InChI is InChI=1S/C12H12ClF2N3O/c1-6(2)18-11(5-19)16-17-12(18)7-3-10(15)8(13)4-9(7)14/h3-4,6,19H,5H2,1-2H3. The quantitative estimate of drug-likeness (QED) is 0.883. The van der Waals surface area contributed by atoms with Gasteiger partial charge in [-0.2, -0.15) is 0 Å². The van der Waals surface area contributed by atoms with Crippen LogP contribution in [0.1, 0.15) is 25.7 Å². The summed E-state index contributed by atoms with van der Waals surface area (Å²) >= 11 is 5.51. The molecule has 0 unspecified atom stereocenters. The summed E-state index contributed by atoms with van der Waals surface area (Å²) in [6, 6.07) is 1.76. The first kappa shape index (κ1) is 13.9. The fourth-order valence-electron chi connectivity index (χ4n) is 1.85. The topological polar surface area (TPSA) is 50.9 Å². The van der Waals surface area contributed by atoms with Crippen molar-refractivity contribution >= 4 is 11.6 Å². The lowest BCUT2D eigenvalue weighted by Gasteiger charge is -2.13. The minimum Gasteiger partial charge on any atom is -0.388 e. The molecule has 0 spiro atoms. The molecule has 2 rings (SSSR count). The first-order chi connectivity index (χ1) is 8.95. The number of hydrogen-bond donors (Lipinski definition) is 1. The molecule has 0 bridgehead atoms. The molecule has 19 heavy (non-hydrogen) atoms. The minimum atomic E-state index is -0.734. The van der Waals surface area contributed by atoms with Crippen molar-refractivity contribution in [1.82, 2.24) is 14.8 Å². The maximum atomic E-state index is 13.9. The smallest absolute Gasteiger partial charge is 0.167 e. The molecular weight excluding hydrogens is 276 g/mol. The fourth-order valence-corrected chi connectivity index (χ4v) is 2.00. The summed E-state index contributed by atoms with van der Waals surface area (Å²) in [5.74, 6) is -0.973. The molecule has 1 heterocycles. The molecule has 0 aliphatic carbocycles. The lowest BCUT2D eigenvalue weighted by atomic mass is 10.2. The van der Waals surface area contributed by atoms with Crippen LogP contribution in [0.4, 0.5) is 8.78 Å². The van der Waals surface area contributed by atoms with Crippen molar-refractivity contribution in [2.45, 2.75) is 26.5 Å². The maximum Gasteiger partial charge on any atom is 0.167 e. The van der Waals surface area contributed by atoms with Gasteiger partial charge in [0, 0.05) is 6.04 Å². The van der Waals surface area contributed by atoms with Crippen LogP contribution < -0.4 is 0 Å². The van der Waals surface area contributed by atoms with E-state index in [1.165, 1.54) is 0 Å². The third kappa shape index (κ3) is 2.46. The number of halogens is 3. The Morgan fingerprint density at radius 2 is 1.95 bits per heavy atom. The Bertz CT molecular complexity index is 613. The van der Waals surface area contributed by atoms with Crippen LogP contribution in [0.5, 0.6) is 0 Å². The van der Waals surface area contributed by atoms with Crippen molar-refractivity contribution in [3.63, 3.8) is 0 Å². The van der Waals surface area contributed by atoms with Gasteiger partial charge in [0.1, 0.15) is 18.2 Å². The molecule has 0 atom stereocenters. The summed E-state index contributed by atoms with van der Waals surface area (Å²) in [5, 5.41) is 16.5. The Balaban J connectivity index is 2.65. The zero-order valence-corrected chi connectivity index (χ0v) is 11.1. The van der Waals surface area contributed by atoms with Gasteiger partial charge in [0.2, 0.25) is 0 Å². The van der Waals surface area contributed by atoms with Crippen LogP contribution in [-0.2, 0) is 6.61 Å². The van der Waals surface area contributed by atoms with Crippen LogP contribution in [0, 0.1) is 11.6 Å². The number of rotatable bonds is 3. The average Bonchev–Trinajstić information content (AvgIpc) is 2.77. The highest BCUT2D eigenvalue weighted by Crippen LogP contribution is 2.28. The predicted octanol–water partition coefficient (Wildman–Crippen LogP) is 2.95. The number of aromatic nitrogens is 3. The molecule has 0 radical (unpaired) electrons. The molecule has 7 heteroatoms. The molecule has 4 nitrogen and oxygen atoms in total. The number of hydrogen-bond acceptors (Lipinski definition) is 3. The Morgan fingerprint density at radius 1 is 1.26 bits per heavy atom. The van der Waals surface area contributed by atoms with Gasteiger partial charge in [0.15, 0.2) is 11.6 Å². The number of aliphatic hydroxyl groups is 1. The summed E-state index contributed by atoms with van der Waals surface area (Å²) in [5.41, 5.74) is -0.0391. The lowest BCUT2D eigenvalue weighted by Crippen LogP contribution is -2.08. The highest BCUT2D eigenvalue weighted by molar-refractivity contribution is 6.30. The first-order valence-corrected chi connectivity index (χ1v) is 6.03. The van der Waals surface area contributed by atoms with E-state index in [-0.39, 0.29) is 29.1 Å². The van der Waals surface area contributed by atoms with Gasteiger partial charge in [-0.05, 0) is 26.0 Å². The molecule has 2 aromatic rings. The molecular formula is C12H12ClF2N3O. The second-order valence-corrected chi connectivity index (χ2v) is 4.72. The minimum absolute atomic E-state index is 0.0391. The van der Waals surface area contributed by atoms with Gasteiger partial charge in [-0.3, -0.25) is 0 Å². The van der Waals surface area contributed by atoms with E-state index in [9.17, 15) is 13.9 Å². The normalized spacial score (nSPS) is 11.3. The van der Waals surface area contributed by atoms with E-state index < -0.39 is 11.6 Å². The Hall–Kier alpha value is -1.53. The Labute approximate surface area is 113 Å². The fraction of sp³-hybridized carbons (Fsp3) is 0.333. The summed E-state index contributed by atoms with van der Waals surface area (Å²) in [6.07, 6.45) is 0. The molecule has 0 aliphatic rings. The Kier molecular flexibility index (Phi) is 3.82. The van der Waals surface area contributed by atoms with Crippen molar-refractivity contribution in [2.75, 3.05) is 0 Å². The van der Waals surface area contributed by atoms with Gasteiger partial charge >= 0.3 is 0 Å². The van der Waals surface area contributed by atoms with Crippen LogP contribution in [0.15, 0.2) is 12.1 Å². The van der Waals surface area contributed by atoms with Crippen molar-refractivity contribution in [2.24, 2.45) is 0 Å². The zero-order valence-electron chi connectivity index (χ0n) is 10.4. The summed E-state index contributed by atoms with van der Waals surface area (Å²) in [4.78, 5) is 0. The summed E-state index contributed by atoms with van der Waals surface area (Å²) < 4.78 is 28.9. The Morgan fingerprint density at radius 3 is 2.53 bits per heavy atom. The molecule has 1 aromatic carbocycles. The maximum absolute atomic E-state index is 13.9. The summed E-state index contributed by atoms with van der Waals surface area (Å²) in [6.45, 7) is 3.33. The van der Waals surface area contributed by atoms with E-state index in [0.29, 0.717) is 5.82 Å². The third-order valence-corrected chi connectivity index (χ3v) is 2.96. The van der Waals surface area contributed by atoms with Gasteiger partial charge in [0.25, 0.3) is 0 Å². The van der Waals surface area contributed by atoms with Gasteiger partial charge in [-0.15, -0.1) is 10.2 Å². The van der Waals surface area contributed by atoms with E-state index >= 15 is 0 Å². The zero-order chi connectivity index (χ0) is 14.2. The van der Waals surface area contributed by atoms with Crippen molar-refractivity contribution in [3.8, 4) is 11.4 Å². The molecule has 0 saturated heterocycles. The van der Waals surface area contributed by atoms with Crippen molar-refractivity contribution in [3.05, 3.63) is 34.6 Å². The van der Waals surface area contributed by atoms with E-state index in [4.69, 9.17) is 11.6 Å². The van der Waals surface area contributed by atoms with Gasteiger partial charge < -0.3 is 9.67 Å². The van der Waals surface area contributed by atoms with E-state index in [2.05, 4.69) is 10.2 Å². The third-order valence-electron chi connectivity index (χ3n) is 2.68. The van der Waals surface area contributed by atoms with Crippen molar-refractivity contribution in [1.29, 1.82) is 0 Å². The highest BCUT2D eigenvalue weighted by atomic mass is 35.5. The largest absolute Gasteiger partial charge is 0.388 e. The SMILES string of the molecule is CC(C)n1c(CO)nnc1-c1cc(F)c(Cl)cc1F. The van der Waals surface area contributed by atoms with Crippen LogP contribution in [0.2, 0.25) is 5.02 Å². The van der Waals surface area contributed by atoms with Gasteiger partial charge in [-0.25, -0.2) is 8.78 Å². The van der Waals surface area contributed by atoms with Crippen LogP contribution >= 0.6 is 11.6 Å². The number of aliphatic hydroxyl groups excluding tert-OH is 1. The van der Waals surface area contributed by atoms with Crippen LogP contribution in [0.25, 0.3) is 11.4 Å². The van der Waals surface area contributed by atoms with Gasteiger partial charge in [-0.1, -0.05) is 11.6 Å². The van der Waals surface area contributed by atoms with Crippen LogP contribution in [-0.4, -0.2) is 19.9 Å². The second-order valence-electron chi connectivity index (χ2n) is 4.31. The molecule has 0 amide bonds. The van der Waals surface area contributed by atoms with Crippen LogP contribution in [0.3, 0.4) is 0 Å². The molecule has 0 aliphatic heterocycles. The molecule has 102 valence electrons. The van der Waals surface area contributed by atoms with Gasteiger partial charge in [0.05, 0.1) is 10.6 Å². The highest BCUT2D eigenvalue weighted by Gasteiger charge is 2.20. The van der Waals surface area contributed by atoms with E-state index in [1.807, 2.05) is 13.8 Å². The molecule has 0 saturated carbocycles.